The summed E-state index contributed by atoms with van der Waals surface area (Å²) in [5, 5.41) is 0.226. The normalized spacial score (nSPS) is 30.0. The molecule has 0 saturated heterocycles. The van der Waals surface area contributed by atoms with E-state index in [0.29, 0.717) is 5.76 Å². The number of hydrogen-bond acceptors (Lipinski definition) is 4. The number of ether oxygens (including phenoxy) is 2. The molecule has 98 valence electrons. The second-order valence-corrected chi connectivity index (χ2v) is 5.11. The molecule has 5 heteroatoms. The SMILES string of the molecule is COC(=O)/C=C1/OC(C2CCC(Cl)CC2)=CC1=O. The summed E-state index contributed by atoms with van der Waals surface area (Å²) in [5.74, 6) is 0.0666. The van der Waals surface area contributed by atoms with Crippen molar-refractivity contribution in [1.82, 2.24) is 0 Å². The summed E-state index contributed by atoms with van der Waals surface area (Å²) >= 11 is 6.03. The Balaban J connectivity index is 2.01. The van der Waals surface area contributed by atoms with E-state index in [4.69, 9.17) is 16.3 Å². The van der Waals surface area contributed by atoms with E-state index < -0.39 is 5.97 Å². The first kappa shape index (κ1) is 13.1. The molecule has 2 rings (SSSR count). The van der Waals surface area contributed by atoms with Crippen LogP contribution in [0, 0.1) is 5.92 Å². The van der Waals surface area contributed by atoms with Gasteiger partial charge in [0, 0.05) is 17.4 Å². The zero-order valence-corrected chi connectivity index (χ0v) is 10.9. The number of rotatable bonds is 2. The number of alkyl halides is 1. The van der Waals surface area contributed by atoms with Gasteiger partial charge in [-0.05, 0) is 25.7 Å². The average Bonchev–Trinajstić information content (AvgIpc) is 2.71. The highest BCUT2D eigenvalue weighted by molar-refractivity contribution is 6.20. The van der Waals surface area contributed by atoms with Crippen LogP contribution in [-0.2, 0) is 19.1 Å². The van der Waals surface area contributed by atoms with Crippen LogP contribution >= 0.6 is 11.6 Å². The maximum Gasteiger partial charge on any atom is 0.334 e. The van der Waals surface area contributed by atoms with Gasteiger partial charge in [-0.2, -0.15) is 0 Å². The fraction of sp³-hybridized carbons (Fsp3) is 0.538. The predicted octanol–water partition coefficient (Wildman–Crippen LogP) is 2.32. The number of carbonyl (C=O) groups excluding carboxylic acids is 2. The number of halogens is 1. The lowest BCUT2D eigenvalue weighted by Crippen LogP contribution is -2.16. The topological polar surface area (TPSA) is 52.6 Å². The summed E-state index contributed by atoms with van der Waals surface area (Å²) in [6.45, 7) is 0. The molecule has 2 aliphatic rings. The first-order valence-corrected chi connectivity index (χ1v) is 6.41. The number of esters is 1. The Morgan fingerprint density at radius 3 is 2.72 bits per heavy atom. The zero-order chi connectivity index (χ0) is 13.1. The molecule has 0 bridgehead atoms. The van der Waals surface area contributed by atoms with E-state index in [1.54, 1.807) is 0 Å². The lowest BCUT2D eigenvalue weighted by atomic mass is 9.87. The Morgan fingerprint density at radius 2 is 2.11 bits per heavy atom. The Morgan fingerprint density at radius 1 is 1.44 bits per heavy atom. The van der Waals surface area contributed by atoms with Crippen LogP contribution in [0.4, 0.5) is 0 Å². The first-order valence-electron chi connectivity index (χ1n) is 5.97. The zero-order valence-electron chi connectivity index (χ0n) is 10.1. The molecule has 1 fully saturated rings. The fourth-order valence-electron chi connectivity index (χ4n) is 2.21. The minimum absolute atomic E-state index is 0.0462. The number of hydrogen-bond donors (Lipinski definition) is 0. The molecule has 0 aromatic rings. The Kier molecular flexibility index (Phi) is 4.07. The monoisotopic (exact) mass is 270 g/mol. The number of ketones is 1. The van der Waals surface area contributed by atoms with Gasteiger partial charge in [-0.15, -0.1) is 11.6 Å². The van der Waals surface area contributed by atoms with Gasteiger partial charge in [-0.25, -0.2) is 4.79 Å². The molecular weight excluding hydrogens is 256 g/mol. The van der Waals surface area contributed by atoms with E-state index in [2.05, 4.69) is 4.74 Å². The van der Waals surface area contributed by atoms with Crippen molar-refractivity contribution in [2.24, 2.45) is 5.92 Å². The van der Waals surface area contributed by atoms with Gasteiger partial charge in [0.25, 0.3) is 0 Å². The summed E-state index contributed by atoms with van der Waals surface area (Å²) in [4.78, 5) is 22.7. The second kappa shape index (κ2) is 5.57. The van der Waals surface area contributed by atoms with Crippen LogP contribution in [-0.4, -0.2) is 24.2 Å². The molecule has 0 atom stereocenters. The number of carbonyl (C=O) groups is 2. The van der Waals surface area contributed by atoms with Crippen molar-refractivity contribution in [1.29, 1.82) is 0 Å². The predicted molar refractivity (Wildman–Crippen MR) is 65.9 cm³/mol. The van der Waals surface area contributed by atoms with Crippen LogP contribution in [0.3, 0.4) is 0 Å². The highest BCUT2D eigenvalue weighted by Crippen LogP contribution is 2.36. The molecule has 1 aliphatic heterocycles. The van der Waals surface area contributed by atoms with E-state index in [1.165, 1.54) is 13.2 Å². The summed E-state index contributed by atoms with van der Waals surface area (Å²) < 4.78 is 9.92. The standard InChI is InChI=1S/C13H15ClO4/c1-17-13(16)7-12-10(15)6-11(18-12)8-2-4-9(14)5-3-8/h6-9H,2-5H2,1H3/b12-7+. The van der Waals surface area contributed by atoms with Gasteiger partial charge in [0.2, 0.25) is 5.78 Å². The van der Waals surface area contributed by atoms with Crippen LogP contribution in [0.5, 0.6) is 0 Å². The van der Waals surface area contributed by atoms with E-state index in [0.717, 1.165) is 31.8 Å². The van der Waals surface area contributed by atoms with Gasteiger partial charge in [0.15, 0.2) is 5.76 Å². The molecule has 1 heterocycles. The molecular formula is C13H15ClO4. The first-order chi connectivity index (χ1) is 8.60. The van der Waals surface area contributed by atoms with Crippen molar-refractivity contribution in [2.45, 2.75) is 31.1 Å². The third-order valence-corrected chi connectivity index (χ3v) is 3.69. The van der Waals surface area contributed by atoms with E-state index in [1.807, 2.05) is 0 Å². The number of methoxy groups -OCH3 is 1. The molecule has 0 radical (unpaired) electrons. The summed E-state index contributed by atoms with van der Waals surface area (Å²) in [6.07, 6.45) is 6.24. The molecule has 0 spiro atoms. The fourth-order valence-corrected chi connectivity index (χ4v) is 2.46. The third kappa shape index (κ3) is 2.93. The van der Waals surface area contributed by atoms with Crippen molar-refractivity contribution in [3.63, 3.8) is 0 Å². The molecule has 1 aliphatic carbocycles. The number of allylic oxidation sites excluding steroid dienone is 2. The Hall–Kier alpha value is -1.29. The third-order valence-electron chi connectivity index (χ3n) is 3.25. The van der Waals surface area contributed by atoms with Crippen molar-refractivity contribution in [2.75, 3.05) is 7.11 Å². The van der Waals surface area contributed by atoms with Crippen LogP contribution < -0.4 is 0 Å². The average molecular weight is 271 g/mol. The minimum Gasteiger partial charge on any atom is -0.466 e. The van der Waals surface area contributed by atoms with E-state index in [-0.39, 0.29) is 22.8 Å². The van der Waals surface area contributed by atoms with Crippen LogP contribution in [0.1, 0.15) is 25.7 Å². The van der Waals surface area contributed by atoms with Crippen LogP contribution in [0.2, 0.25) is 0 Å². The highest BCUT2D eigenvalue weighted by Gasteiger charge is 2.30. The molecule has 0 aromatic heterocycles. The van der Waals surface area contributed by atoms with Gasteiger partial charge in [-0.3, -0.25) is 4.79 Å². The smallest absolute Gasteiger partial charge is 0.334 e. The Bertz CT molecular complexity index is 417. The van der Waals surface area contributed by atoms with Crippen molar-refractivity contribution in [3.05, 3.63) is 23.7 Å². The summed E-state index contributed by atoms with van der Waals surface area (Å²) in [7, 11) is 1.26. The van der Waals surface area contributed by atoms with E-state index >= 15 is 0 Å². The Labute approximate surface area is 111 Å². The van der Waals surface area contributed by atoms with Gasteiger partial charge in [0.1, 0.15) is 5.76 Å². The van der Waals surface area contributed by atoms with Crippen molar-refractivity contribution < 1.29 is 19.1 Å². The van der Waals surface area contributed by atoms with Crippen LogP contribution in [0.25, 0.3) is 0 Å². The lowest BCUT2D eigenvalue weighted by Gasteiger charge is -2.25. The molecule has 0 amide bonds. The quantitative estimate of drug-likeness (QED) is 0.439. The molecule has 18 heavy (non-hydrogen) atoms. The largest absolute Gasteiger partial charge is 0.466 e. The van der Waals surface area contributed by atoms with E-state index in [9.17, 15) is 9.59 Å². The lowest BCUT2D eigenvalue weighted by molar-refractivity contribution is -0.135. The summed E-state index contributed by atoms with van der Waals surface area (Å²) in [5.41, 5.74) is 0. The summed E-state index contributed by atoms with van der Waals surface area (Å²) in [6, 6.07) is 0. The van der Waals surface area contributed by atoms with Gasteiger partial charge in [-0.1, -0.05) is 0 Å². The van der Waals surface area contributed by atoms with Crippen molar-refractivity contribution in [3.8, 4) is 0 Å². The highest BCUT2D eigenvalue weighted by atomic mass is 35.5. The molecule has 1 saturated carbocycles. The van der Waals surface area contributed by atoms with Gasteiger partial charge in [0.05, 0.1) is 13.2 Å². The molecule has 4 nitrogen and oxygen atoms in total. The van der Waals surface area contributed by atoms with Crippen LogP contribution in [0.15, 0.2) is 23.7 Å². The van der Waals surface area contributed by atoms with Crippen molar-refractivity contribution >= 4 is 23.4 Å². The second-order valence-electron chi connectivity index (χ2n) is 4.49. The minimum atomic E-state index is -0.586. The molecule has 0 unspecified atom stereocenters. The maximum absolute atomic E-state index is 11.6. The molecule has 0 aromatic carbocycles. The maximum atomic E-state index is 11.6. The van der Waals surface area contributed by atoms with Gasteiger partial charge >= 0.3 is 5.97 Å². The van der Waals surface area contributed by atoms with Gasteiger partial charge < -0.3 is 9.47 Å². The molecule has 0 N–H and O–H groups in total.